The van der Waals surface area contributed by atoms with Crippen LogP contribution in [0, 0.1) is 34.5 Å². The van der Waals surface area contributed by atoms with Gasteiger partial charge in [-0.25, -0.2) is 0 Å². The summed E-state index contributed by atoms with van der Waals surface area (Å²) in [7, 11) is 0. The summed E-state index contributed by atoms with van der Waals surface area (Å²) < 4.78 is 0. The van der Waals surface area contributed by atoms with Gasteiger partial charge in [0.15, 0.2) is 0 Å². The maximum Gasteiger partial charge on any atom is 0.0836 e. The predicted octanol–water partition coefficient (Wildman–Crippen LogP) is 5.21. The van der Waals surface area contributed by atoms with E-state index in [0.717, 1.165) is 6.42 Å². The molecule has 5 aliphatic carbocycles. The first-order valence-electron chi connectivity index (χ1n) is 13.2. The lowest BCUT2D eigenvalue weighted by Gasteiger charge is -2.63. The predicted molar refractivity (Wildman–Crippen MR) is 122 cm³/mol. The van der Waals surface area contributed by atoms with Gasteiger partial charge in [-0.1, -0.05) is 44.8 Å². The third-order valence-electron chi connectivity index (χ3n) is 11.0. The molecular formula is C27H45NO2. The Morgan fingerprint density at radius 2 is 1.60 bits per heavy atom. The molecule has 5 aliphatic rings. The van der Waals surface area contributed by atoms with Crippen LogP contribution in [0.1, 0.15) is 97.8 Å². The summed E-state index contributed by atoms with van der Waals surface area (Å²) in [5, 5.41) is 26.9. The van der Waals surface area contributed by atoms with Crippen LogP contribution < -0.4 is 5.32 Å². The molecule has 0 saturated heterocycles. The molecule has 0 aromatic carbocycles. The monoisotopic (exact) mass is 415 g/mol. The van der Waals surface area contributed by atoms with E-state index in [9.17, 15) is 10.2 Å². The molecule has 0 aliphatic heterocycles. The van der Waals surface area contributed by atoms with Gasteiger partial charge in [-0.2, -0.15) is 0 Å². The van der Waals surface area contributed by atoms with E-state index in [1.807, 2.05) is 0 Å². The van der Waals surface area contributed by atoms with Crippen LogP contribution in [0.15, 0.2) is 11.6 Å². The molecule has 5 saturated carbocycles. The Balaban J connectivity index is 1.36. The molecule has 9 atom stereocenters. The lowest BCUT2D eigenvalue weighted by Crippen LogP contribution is -2.64. The van der Waals surface area contributed by atoms with E-state index >= 15 is 0 Å². The Hall–Kier alpha value is -0.380. The molecule has 5 rings (SSSR count). The van der Waals surface area contributed by atoms with Crippen LogP contribution in [0.2, 0.25) is 0 Å². The van der Waals surface area contributed by atoms with Crippen LogP contribution >= 0.6 is 0 Å². The minimum Gasteiger partial charge on any atom is -0.390 e. The maximum absolute atomic E-state index is 11.5. The summed E-state index contributed by atoms with van der Waals surface area (Å²) in [5.41, 5.74) is 2.05. The number of fused-ring (bicyclic) bond motifs is 5. The van der Waals surface area contributed by atoms with E-state index in [0.29, 0.717) is 23.9 Å². The van der Waals surface area contributed by atoms with Crippen LogP contribution in [0.25, 0.3) is 0 Å². The van der Waals surface area contributed by atoms with E-state index in [2.05, 4.69) is 32.2 Å². The summed E-state index contributed by atoms with van der Waals surface area (Å²) in [6.45, 7) is 7.13. The van der Waals surface area contributed by atoms with Gasteiger partial charge in [-0.15, -0.1) is 0 Å². The summed E-state index contributed by atoms with van der Waals surface area (Å²) >= 11 is 0. The van der Waals surface area contributed by atoms with Crippen molar-refractivity contribution in [3.63, 3.8) is 0 Å². The number of hydrogen-bond donors (Lipinski definition) is 3. The third kappa shape index (κ3) is 3.17. The van der Waals surface area contributed by atoms with Crippen molar-refractivity contribution in [1.82, 2.24) is 5.32 Å². The van der Waals surface area contributed by atoms with Gasteiger partial charge in [0, 0.05) is 12.1 Å². The summed E-state index contributed by atoms with van der Waals surface area (Å²) in [4.78, 5) is 0. The molecule has 0 aromatic heterocycles. The van der Waals surface area contributed by atoms with Crippen LogP contribution in [0.5, 0.6) is 0 Å². The topological polar surface area (TPSA) is 52.5 Å². The normalized spacial score (nSPS) is 53.2. The van der Waals surface area contributed by atoms with E-state index < -0.39 is 12.2 Å². The standard InChI is InChI=1S/C27H45NO2/c1-4-17-10-11-20-23-21(13-15-26(17,20)2)27(3)14-12-19(16-22(27)24(29)25(23)30)28-18-8-6-5-7-9-18/h4,18-25,28-30H,5-16H2,1-3H3/b17-4-/t19?,20?,21?,22?,23?,24-,25-,26-,27-/m1/s1. The van der Waals surface area contributed by atoms with Crippen molar-refractivity contribution in [1.29, 1.82) is 0 Å². The lowest BCUT2D eigenvalue weighted by molar-refractivity contribution is -0.211. The molecule has 0 amide bonds. The first-order chi connectivity index (χ1) is 14.4. The molecule has 170 valence electrons. The molecule has 5 unspecified atom stereocenters. The Labute approximate surface area is 184 Å². The summed E-state index contributed by atoms with van der Waals surface area (Å²) in [6, 6.07) is 1.21. The molecule has 0 bridgehead atoms. The van der Waals surface area contributed by atoms with Gasteiger partial charge in [-0.3, -0.25) is 0 Å². The second-order valence-corrected chi connectivity index (χ2v) is 12.2. The Morgan fingerprint density at radius 3 is 2.33 bits per heavy atom. The molecule has 0 aromatic rings. The molecule has 3 N–H and O–H groups in total. The average Bonchev–Trinajstić information content (AvgIpc) is 3.09. The van der Waals surface area contributed by atoms with Gasteiger partial charge < -0.3 is 15.5 Å². The molecule has 3 nitrogen and oxygen atoms in total. The number of aliphatic hydroxyl groups excluding tert-OH is 2. The molecule has 30 heavy (non-hydrogen) atoms. The summed E-state index contributed by atoms with van der Waals surface area (Å²) in [6.07, 6.45) is 16.4. The van der Waals surface area contributed by atoms with Gasteiger partial charge in [0.05, 0.1) is 12.2 Å². The highest BCUT2D eigenvalue weighted by molar-refractivity contribution is 5.25. The first-order valence-corrected chi connectivity index (χ1v) is 13.2. The molecule has 3 heteroatoms. The van der Waals surface area contributed by atoms with E-state index in [4.69, 9.17) is 0 Å². The molecular weight excluding hydrogens is 370 g/mol. The molecule has 5 fully saturated rings. The maximum atomic E-state index is 11.5. The number of rotatable bonds is 2. The van der Waals surface area contributed by atoms with Crippen molar-refractivity contribution < 1.29 is 10.2 Å². The molecule has 0 heterocycles. The zero-order valence-corrected chi connectivity index (χ0v) is 19.6. The Morgan fingerprint density at radius 1 is 0.833 bits per heavy atom. The van der Waals surface area contributed by atoms with E-state index in [-0.39, 0.29) is 22.7 Å². The van der Waals surface area contributed by atoms with Crippen molar-refractivity contribution in [3.05, 3.63) is 11.6 Å². The van der Waals surface area contributed by atoms with Crippen molar-refractivity contribution >= 4 is 0 Å². The smallest absolute Gasteiger partial charge is 0.0836 e. The lowest BCUT2D eigenvalue weighted by atomic mass is 9.43. The Kier molecular flexibility index (Phi) is 5.64. The van der Waals surface area contributed by atoms with Crippen molar-refractivity contribution in [2.75, 3.05) is 0 Å². The van der Waals surface area contributed by atoms with Gasteiger partial charge in [0.1, 0.15) is 0 Å². The van der Waals surface area contributed by atoms with Crippen molar-refractivity contribution in [2.24, 2.45) is 34.5 Å². The highest BCUT2D eigenvalue weighted by Crippen LogP contribution is 2.67. The van der Waals surface area contributed by atoms with Gasteiger partial charge in [-0.05, 0) is 99.2 Å². The molecule has 0 spiro atoms. The first kappa shape index (κ1) is 21.5. The van der Waals surface area contributed by atoms with Gasteiger partial charge in [0.2, 0.25) is 0 Å². The van der Waals surface area contributed by atoms with Gasteiger partial charge >= 0.3 is 0 Å². The van der Waals surface area contributed by atoms with Crippen molar-refractivity contribution in [3.8, 4) is 0 Å². The fourth-order valence-corrected chi connectivity index (χ4v) is 9.34. The van der Waals surface area contributed by atoms with Crippen LogP contribution in [-0.4, -0.2) is 34.5 Å². The largest absolute Gasteiger partial charge is 0.390 e. The second-order valence-electron chi connectivity index (χ2n) is 12.2. The fourth-order valence-electron chi connectivity index (χ4n) is 9.34. The Bertz CT molecular complexity index is 670. The number of nitrogens with one attached hydrogen (secondary N) is 1. The average molecular weight is 416 g/mol. The zero-order valence-electron chi connectivity index (χ0n) is 19.6. The minimum absolute atomic E-state index is 0.189. The highest BCUT2D eigenvalue weighted by atomic mass is 16.3. The zero-order chi connectivity index (χ0) is 21.1. The SMILES string of the molecule is C/C=C1/CCC2C3C(CC[C@]12C)[C@@]1(C)CCC(NC2CCCCC2)CC1[C@@H](O)[C@@H]3O. The minimum atomic E-state index is -0.552. The number of aliphatic hydroxyl groups is 2. The van der Waals surface area contributed by atoms with Gasteiger partial charge in [0.25, 0.3) is 0 Å². The van der Waals surface area contributed by atoms with Crippen LogP contribution in [0.4, 0.5) is 0 Å². The second kappa shape index (κ2) is 7.89. The van der Waals surface area contributed by atoms with E-state index in [1.54, 1.807) is 5.57 Å². The molecule has 0 radical (unpaired) electrons. The van der Waals surface area contributed by atoms with E-state index in [1.165, 1.54) is 70.6 Å². The van der Waals surface area contributed by atoms with Crippen molar-refractivity contribution in [2.45, 2.75) is 122 Å². The van der Waals surface area contributed by atoms with Crippen LogP contribution in [-0.2, 0) is 0 Å². The van der Waals surface area contributed by atoms with Crippen LogP contribution in [0.3, 0.4) is 0 Å². The fraction of sp³-hybridized carbons (Fsp3) is 0.926. The summed E-state index contributed by atoms with van der Waals surface area (Å²) in [5.74, 6) is 1.64. The number of allylic oxidation sites excluding steroid dienone is 2. The number of hydrogen-bond acceptors (Lipinski definition) is 3. The quantitative estimate of drug-likeness (QED) is 0.543. The highest BCUT2D eigenvalue weighted by Gasteiger charge is 2.64. The third-order valence-corrected chi connectivity index (χ3v) is 11.0.